The molecule has 6 nitrogen and oxygen atoms in total. The Balaban J connectivity index is 1.75. The van der Waals surface area contributed by atoms with Crippen molar-refractivity contribution in [1.29, 1.82) is 0 Å². The van der Waals surface area contributed by atoms with Crippen molar-refractivity contribution >= 4 is 15.7 Å². The minimum absolute atomic E-state index is 0.152. The first-order chi connectivity index (χ1) is 11.8. The molecular weight excluding hydrogens is 338 g/mol. The van der Waals surface area contributed by atoms with Gasteiger partial charge in [0.15, 0.2) is 0 Å². The molecule has 136 valence electrons. The van der Waals surface area contributed by atoms with E-state index in [4.69, 9.17) is 4.74 Å². The predicted octanol–water partition coefficient (Wildman–Crippen LogP) is 3.18. The van der Waals surface area contributed by atoms with Crippen LogP contribution >= 0.6 is 0 Å². The maximum atomic E-state index is 12.8. The number of sulfonamides is 1. The van der Waals surface area contributed by atoms with Crippen molar-refractivity contribution in [3.8, 4) is 0 Å². The van der Waals surface area contributed by atoms with Gasteiger partial charge in [0.05, 0.1) is 29.4 Å². The van der Waals surface area contributed by atoms with Crippen LogP contribution in [0.15, 0.2) is 29.4 Å². The van der Waals surface area contributed by atoms with Gasteiger partial charge in [-0.05, 0) is 51.2 Å². The molecule has 0 spiro atoms. The van der Waals surface area contributed by atoms with Crippen molar-refractivity contribution in [2.75, 3.05) is 11.3 Å². The average molecular weight is 363 g/mol. The lowest BCUT2D eigenvalue weighted by molar-refractivity contribution is 0.00401. The second-order valence-electron chi connectivity index (χ2n) is 6.77. The van der Waals surface area contributed by atoms with E-state index in [2.05, 4.69) is 9.82 Å². The lowest BCUT2D eigenvalue weighted by Crippen LogP contribution is -2.24. The van der Waals surface area contributed by atoms with Crippen molar-refractivity contribution in [2.24, 2.45) is 0 Å². The van der Waals surface area contributed by atoms with Crippen molar-refractivity contribution < 1.29 is 13.2 Å². The van der Waals surface area contributed by atoms with Crippen LogP contribution in [0.2, 0.25) is 0 Å². The first kappa shape index (κ1) is 17.9. The van der Waals surface area contributed by atoms with Gasteiger partial charge in [-0.25, -0.2) is 8.42 Å². The molecule has 1 aliphatic rings. The number of hydrogen-bond acceptors (Lipinski definition) is 4. The smallest absolute Gasteiger partial charge is 0.262 e. The summed E-state index contributed by atoms with van der Waals surface area (Å²) in [5.74, 6) is 0. The SMILES string of the molecule is Cc1cc(C)c(S(=O)(=O)Nc2cnn(CC3CCCCO3)c2)c(C)c1. The Kier molecular flexibility index (Phi) is 5.15. The van der Waals surface area contributed by atoms with Crippen LogP contribution in [0.3, 0.4) is 0 Å². The van der Waals surface area contributed by atoms with Crippen molar-refractivity contribution in [3.05, 3.63) is 41.2 Å². The Morgan fingerprint density at radius 3 is 2.60 bits per heavy atom. The summed E-state index contributed by atoms with van der Waals surface area (Å²) in [6, 6.07) is 3.76. The van der Waals surface area contributed by atoms with Crippen LogP contribution in [-0.4, -0.2) is 30.9 Å². The van der Waals surface area contributed by atoms with E-state index in [9.17, 15) is 8.42 Å². The number of aromatic nitrogens is 2. The van der Waals surface area contributed by atoms with Crippen LogP contribution in [0, 0.1) is 20.8 Å². The quantitative estimate of drug-likeness (QED) is 0.885. The molecule has 1 aromatic heterocycles. The fourth-order valence-electron chi connectivity index (χ4n) is 3.47. The van der Waals surface area contributed by atoms with Crippen molar-refractivity contribution in [3.63, 3.8) is 0 Å². The summed E-state index contributed by atoms with van der Waals surface area (Å²) in [6.07, 6.45) is 6.70. The molecule has 2 heterocycles. The largest absolute Gasteiger partial charge is 0.376 e. The normalized spacial score (nSPS) is 18.3. The Bertz CT molecular complexity index is 829. The molecule has 0 radical (unpaired) electrons. The van der Waals surface area contributed by atoms with Gasteiger partial charge in [-0.3, -0.25) is 9.40 Å². The van der Waals surface area contributed by atoms with Gasteiger partial charge in [0.25, 0.3) is 10.0 Å². The molecule has 0 bridgehead atoms. The average Bonchev–Trinajstić information content (AvgIpc) is 2.93. The highest BCUT2D eigenvalue weighted by Gasteiger charge is 2.21. The maximum Gasteiger partial charge on any atom is 0.262 e. The van der Waals surface area contributed by atoms with Gasteiger partial charge >= 0.3 is 0 Å². The van der Waals surface area contributed by atoms with E-state index in [0.29, 0.717) is 17.1 Å². The summed E-state index contributed by atoms with van der Waals surface area (Å²) < 4.78 is 35.6. The molecule has 2 aromatic rings. The molecule has 1 aliphatic heterocycles. The molecule has 1 unspecified atom stereocenters. The molecule has 1 aromatic carbocycles. The zero-order valence-electron chi connectivity index (χ0n) is 14.9. The monoisotopic (exact) mass is 363 g/mol. The fourth-order valence-corrected chi connectivity index (χ4v) is 4.96. The summed E-state index contributed by atoms with van der Waals surface area (Å²) in [4.78, 5) is 0.335. The molecule has 1 fully saturated rings. The summed E-state index contributed by atoms with van der Waals surface area (Å²) in [7, 11) is -3.65. The first-order valence-electron chi connectivity index (χ1n) is 8.60. The molecule has 1 saturated heterocycles. The lowest BCUT2D eigenvalue weighted by Gasteiger charge is -2.22. The third-order valence-corrected chi connectivity index (χ3v) is 6.11. The van der Waals surface area contributed by atoms with Gasteiger partial charge in [0.2, 0.25) is 0 Å². The molecule has 1 N–H and O–H groups in total. The minimum atomic E-state index is -3.65. The van der Waals surface area contributed by atoms with E-state index >= 15 is 0 Å². The van der Waals surface area contributed by atoms with E-state index in [1.165, 1.54) is 0 Å². The van der Waals surface area contributed by atoms with E-state index < -0.39 is 10.0 Å². The predicted molar refractivity (Wildman–Crippen MR) is 97.3 cm³/mol. The second kappa shape index (κ2) is 7.17. The van der Waals surface area contributed by atoms with Crippen LogP contribution in [0.1, 0.15) is 36.0 Å². The van der Waals surface area contributed by atoms with Crippen LogP contribution in [0.25, 0.3) is 0 Å². The van der Waals surface area contributed by atoms with Crippen molar-refractivity contribution in [2.45, 2.75) is 57.6 Å². The highest BCUT2D eigenvalue weighted by atomic mass is 32.2. The maximum absolute atomic E-state index is 12.8. The number of ether oxygens (including phenoxy) is 1. The Hall–Kier alpha value is -1.86. The third kappa shape index (κ3) is 4.22. The number of nitrogens with one attached hydrogen (secondary N) is 1. The van der Waals surface area contributed by atoms with Crippen LogP contribution in [0.4, 0.5) is 5.69 Å². The molecule has 0 saturated carbocycles. The molecule has 3 rings (SSSR count). The Morgan fingerprint density at radius 1 is 1.24 bits per heavy atom. The van der Waals surface area contributed by atoms with Crippen molar-refractivity contribution in [1.82, 2.24) is 9.78 Å². The van der Waals surface area contributed by atoms with E-state index in [1.54, 1.807) is 17.1 Å². The summed E-state index contributed by atoms with van der Waals surface area (Å²) >= 11 is 0. The van der Waals surface area contributed by atoms with Gasteiger partial charge in [0, 0.05) is 12.8 Å². The highest BCUT2D eigenvalue weighted by molar-refractivity contribution is 7.92. The Morgan fingerprint density at radius 2 is 1.96 bits per heavy atom. The standard InChI is InChI=1S/C18H25N3O3S/c1-13-8-14(2)18(15(3)9-13)25(22,23)20-16-10-19-21(11-16)12-17-6-4-5-7-24-17/h8-11,17,20H,4-7,12H2,1-3H3. The van der Waals surface area contributed by atoms with Gasteiger partial charge in [-0.15, -0.1) is 0 Å². The van der Waals surface area contributed by atoms with E-state index in [0.717, 1.165) is 42.6 Å². The second-order valence-corrected chi connectivity index (χ2v) is 8.39. The van der Waals surface area contributed by atoms with Gasteiger partial charge in [0.1, 0.15) is 0 Å². The zero-order valence-corrected chi connectivity index (χ0v) is 15.8. The Labute approximate surface area is 149 Å². The fraction of sp³-hybridized carbons (Fsp3) is 0.500. The van der Waals surface area contributed by atoms with Gasteiger partial charge in [-0.1, -0.05) is 17.7 Å². The molecular formula is C18H25N3O3S. The van der Waals surface area contributed by atoms with Gasteiger partial charge in [-0.2, -0.15) is 5.10 Å². The molecule has 1 atom stereocenters. The highest BCUT2D eigenvalue weighted by Crippen LogP contribution is 2.24. The van der Waals surface area contributed by atoms with Crippen LogP contribution in [-0.2, 0) is 21.3 Å². The molecule has 0 aliphatic carbocycles. The molecule has 0 amide bonds. The van der Waals surface area contributed by atoms with Crippen LogP contribution < -0.4 is 4.72 Å². The van der Waals surface area contributed by atoms with E-state index in [1.807, 2.05) is 32.9 Å². The minimum Gasteiger partial charge on any atom is -0.376 e. The van der Waals surface area contributed by atoms with Crippen LogP contribution in [0.5, 0.6) is 0 Å². The first-order valence-corrected chi connectivity index (χ1v) is 10.1. The number of nitrogens with zero attached hydrogens (tertiary/aromatic N) is 2. The summed E-state index contributed by atoms with van der Waals surface area (Å²) in [5, 5.41) is 4.26. The summed E-state index contributed by atoms with van der Waals surface area (Å²) in [5.41, 5.74) is 3.01. The summed E-state index contributed by atoms with van der Waals surface area (Å²) in [6.45, 7) is 7.03. The molecule has 7 heteroatoms. The zero-order chi connectivity index (χ0) is 18.0. The number of rotatable bonds is 5. The number of hydrogen-bond donors (Lipinski definition) is 1. The molecule has 25 heavy (non-hydrogen) atoms. The number of benzene rings is 1. The topological polar surface area (TPSA) is 73.2 Å². The van der Waals surface area contributed by atoms with E-state index in [-0.39, 0.29) is 6.10 Å². The number of aryl methyl sites for hydroxylation is 3. The number of anilines is 1. The lowest BCUT2D eigenvalue weighted by atomic mass is 10.1. The van der Waals surface area contributed by atoms with Gasteiger partial charge < -0.3 is 4.74 Å². The third-order valence-electron chi connectivity index (χ3n) is 4.42.